The van der Waals surface area contributed by atoms with Crippen molar-refractivity contribution in [1.82, 2.24) is 14.5 Å². The number of hydrogen-bond acceptors (Lipinski definition) is 3. The highest BCUT2D eigenvalue weighted by molar-refractivity contribution is 5.83. The average molecular weight is 459 g/mol. The summed E-state index contributed by atoms with van der Waals surface area (Å²) in [6, 6.07) is 33.4. The summed E-state index contributed by atoms with van der Waals surface area (Å²) in [6.45, 7) is 1.13. The predicted molar refractivity (Wildman–Crippen MR) is 139 cm³/mol. The molecule has 0 bridgehead atoms. The molecule has 0 unspecified atom stereocenters. The van der Waals surface area contributed by atoms with Crippen molar-refractivity contribution in [3.63, 3.8) is 0 Å². The summed E-state index contributed by atoms with van der Waals surface area (Å²) in [5.41, 5.74) is 11.3. The zero-order valence-corrected chi connectivity index (χ0v) is 19.1. The van der Waals surface area contributed by atoms with Gasteiger partial charge in [0.2, 0.25) is 5.52 Å². The number of anilines is 1. The molecule has 0 aliphatic rings. The number of nitrogens with one attached hydrogen (secondary N) is 1. The molecule has 0 atom stereocenters. The van der Waals surface area contributed by atoms with E-state index in [9.17, 15) is 4.79 Å². The molecule has 0 saturated heterocycles. The summed E-state index contributed by atoms with van der Waals surface area (Å²) in [5, 5.41) is 2.37. The van der Waals surface area contributed by atoms with Gasteiger partial charge in [0.25, 0.3) is 11.5 Å². The van der Waals surface area contributed by atoms with Gasteiger partial charge in [-0.3, -0.25) is 14.3 Å². The van der Waals surface area contributed by atoms with Crippen molar-refractivity contribution in [3.8, 4) is 11.1 Å². The number of nitrogen functional groups attached to an aromatic ring is 1. The van der Waals surface area contributed by atoms with Crippen LogP contribution in [-0.2, 0) is 13.1 Å². The van der Waals surface area contributed by atoms with Crippen molar-refractivity contribution in [3.05, 3.63) is 125 Å². The van der Waals surface area contributed by atoms with Crippen molar-refractivity contribution in [2.24, 2.45) is 0 Å². The van der Waals surface area contributed by atoms with Crippen LogP contribution < -0.4 is 15.9 Å². The lowest BCUT2D eigenvalue weighted by Crippen LogP contribution is -2.34. The van der Waals surface area contributed by atoms with Crippen LogP contribution in [-0.4, -0.2) is 14.5 Å². The Labute approximate surface area is 201 Å². The number of aromatic nitrogens is 4. The molecule has 6 rings (SSSR count). The van der Waals surface area contributed by atoms with Crippen LogP contribution in [0.15, 0.2) is 108 Å². The molecule has 0 radical (unpaired) electrons. The highest BCUT2D eigenvalue weighted by Gasteiger charge is 2.22. The summed E-state index contributed by atoms with van der Waals surface area (Å²) in [5.74, 6) is 0.111. The molecule has 4 aromatic carbocycles. The van der Waals surface area contributed by atoms with E-state index in [1.54, 1.807) is 0 Å². The summed E-state index contributed by atoms with van der Waals surface area (Å²) in [7, 11) is 0. The van der Waals surface area contributed by atoms with Crippen LogP contribution in [0.2, 0.25) is 0 Å². The standard InChI is InChI=1S/C29H23N5O/c30-29-31-27-26(28(35)32-29)33(17-20-10-13-24(14-11-20)22-6-2-1-3-7-22)19-34(27)18-21-12-15-23-8-4-5-9-25(23)16-21/h1-16,19H,17-18H2,(H2-,30,31,32,35)/p+1. The maximum absolute atomic E-state index is 12.9. The lowest BCUT2D eigenvalue weighted by atomic mass is 10.0. The molecule has 0 saturated carbocycles. The van der Waals surface area contributed by atoms with Gasteiger partial charge >= 0.3 is 5.65 Å². The molecule has 6 heteroatoms. The Morgan fingerprint density at radius 2 is 1.49 bits per heavy atom. The van der Waals surface area contributed by atoms with Gasteiger partial charge in [0.15, 0.2) is 6.33 Å². The summed E-state index contributed by atoms with van der Waals surface area (Å²) >= 11 is 0. The first-order chi connectivity index (χ1) is 17.1. The number of rotatable bonds is 5. The maximum atomic E-state index is 12.9. The molecular formula is C29H24N5O+. The van der Waals surface area contributed by atoms with E-state index in [1.165, 1.54) is 16.3 Å². The fourth-order valence-corrected chi connectivity index (χ4v) is 4.61. The van der Waals surface area contributed by atoms with Crippen LogP contribution in [0.5, 0.6) is 0 Å². The number of nitrogens with zero attached hydrogens (tertiary/aromatic N) is 3. The first kappa shape index (κ1) is 20.9. The molecule has 170 valence electrons. The molecule has 6 nitrogen and oxygen atoms in total. The number of hydrogen-bond donors (Lipinski definition) is 2. The van der Waals surface area contributed by atoms with E-state index in [-0.39, 0.29) is 11.5 Å². The molecule has 0 fully saturated rings. The van der Waals surface area contributed by atoms with E-state index in [2.05, 4.69) is 76.7 Å². The second-order valence-corrected chi connectivity index (χ2v) is 8.74. The van der Waals surface area contributed by atoms with Crippen LogP contribution in [0.3, 0.4) is 0 Å². The van der Waals surface area contributed by atoms with Gasteiger partial charge < -0.3 is 5.73 Å². The lowest BCUT2D eigenvalue weighted by molar-refractivity contribution is -0.665. The SMILES string of the molecule is Nc1nc2c(c(=O)[nH]1)n(Cc1ccc(-c3ccccc3)cc1)c[n+]2Cc1ccc2ccccc2c1. The van der Waals surface area contributed by atoms with Crippen molar-refractivity contribution in [1.29, 1.82) is 0 Å². The van der Waals surface area contributed by atoms with Crippen molar-refractivity contribution in [2.75, 3.05) is 5.73 Å². The van der Waals surface area contributed by atoms with Gasteiger partial charge in [-0.1, -0.05) is 96.0 Å². The number of nitrogens with two attached hydrogens (primary N) is 1. The first-order valence-corrected chi connectivity index (χ1v) is 11.5. The van der Waals surface area contributed by atoms with E-state index in [1.807, 2.05) is 45.8 Å². The van der Waals surface area contributed by atoms with E-state index < -0.39 is 0 Å². The zero-order chi connectivity index (χ0) is 23.8. The molecular weight excluding hydrogens is 434 g/mol. The van der Waals surface area contributed by atoms with Crippen molar-refractivity contribution in [2.45, 2.75) is 13.1 Å². The molecule has 2 heterocycles. The van der Waals surface area contributed by atoms with Gasteiger partial charge in [-0.15, -0.1) is 0 Å². The number of H-pyrrole nitrogens is 1. The molecule has 6 aromatic rings. The minimum absolute atomic E-state index is 0.111. The smallest absolute Gasteiger partial charge is 0.311 e. The Hall–Kier alpha value is -4.71. The molecule has 0 aliphatic carbocycles. The second kappa shape index (κ2) is 8.57. The van der Waals surface area contributed by atoms with Crippen LogP contribution >= 0.6 is 0 Å². The van der Waals surface area contributed by atoms with Gasteiger partial charge in [-0.05, 0) is 39.1 Å². The fourth-order valence-electron chi connectivity index (χ4n) is 4.61. The topological polar surface area (TPSA) is 80.6 Å². The van der Waals surface area contributed by atoms with Crippen molar-refractivity contribution < 1.29 is 4.57 Å². The summed E-state index contributed by atoms with van der Waals surface area (Å²) < 4.78 is 3.93. The Kier molecular flexibility index (Phi) is 5.11. The van der Waals surface area contributed by atoms with Gasteiger partial charge in [0.1, 0.15) is 0 Å². The van der Waals surface area contributed by atoms with E-state index in [0.717, 1.165) is 16.7 Å². The predicted octanol–water partition coefficient (Wildman–Crippen LogP) is 4.51. The summed E-state index contributed by atoms with van der Waals surface area (Å²) in [4.78, 5) is 20.0. The fraction of sp³-hybridized carbons (Fsp3) is 0.0690. The Morgan fingerprint density at radius 1 is 0.800 bits per heavy atom. The molecule has 0 aliphatic heterocycles. The highest BCUT2D eigenvalue weighted by atomic mass is 16.1. The Bertz CT molecular complexity index is 1720. The van der Waals surface area contributed by atoms with Gasteiger partial charge in [-0.2, -0.15) is 0 Å². The quantitative estimate of drug-likeness (QED) is 0.373. The van der Waals surface area contributed by atoms with E-state index >= 15 is 0 Å². The monoisotopic (exact) mass is 458 g/mol. The van der Waals surface area contributed by atoms with Gasteiger partial charge in [0.05, 0.1) is 13.1 Å². The second-order valence-electron chi connectivity index (χ2n) is 8.74. The molecule has 0 spiro atoms. The normalized spacial score (nSPS) is 11.3. The number of benzene rings is 4. The lowest BCUT2D eigenvalue weighted by Gasteiger charge is -2.04. The van der Waals surface area contributed by atoms with Crippen molar-refractivity contribution >= 4 is 27.9 Å². The molecule has 3 N–H and O–H groups in total. The minimum atomic E-state index is -0.245. The number of fused-ring (bicyclic) bond motifs is 2. The largest absolute Gasteiger partial charge is 0.355 e. The summed E-state index contributed by atoms with van der Waals surface area (Å²) in [6.07, 6.45) is 1.95. The number of imidazole rings is 1. The minimum Gasteiger partial charge on any atom is -0.355 e. The first-order valence-electron chi connectivity index (χ1n) is 11.5. The molecule has 0 amide bonds. The third-order valence-electron chi connectivity index (χ3n) is 6.31. The zero-order valence-electron chi connectivity index (χ0n) is 19.1. The van der Waals surface area contributed by atoms with Gasteiger partial charge in [0, 0.05) is 0 Å². The maximum Gasteiger partial charge on any atom is 0.311 e. The number of aromatic amines is 1. The molecule has 2 aromatic heterocycles. The third kappa shape index (κ3) is 4.06. The highest BCUT2D eigenvalue weighted by Crippen LogP contribution is 2.20. The Balaban J connectivity index is 1.37. The van der Waals surface area contributed by atoms with E-state index in [0.29, 0.717) is 24.3 Å². The van der Waals surface area contributed by atoms with Crippen LogP contribution in [0.1, 0.15) is 11.1 Å². The van der Waals surface area contributed by atoms with Gasteiger partial charge in [-0.25, -0.2) is 4.57 Å². The van der Waals surface area contributed by atoms with E-state index in [4.69, 9.17) is 5.73 Å². The Morgan fingerprint density at radius 3 is 2.29 bits per heavy atom. The molecule has 35 heavy (non-hydrogen) atoms. The third-order valence-corrected chi connectivity index (χ3v) is 6.31. The average Bonchev–Trinajstić information content (AvgIpc) is 3.21. The van der Waals surface area contributed by atoms with Crippen LogP contribution in [0.25, 0.3) is 33.1 Å². The van der Waals surface area contributed by atoms with Crippen LogP contribution in [0, 0.1) is 0 Å². The van der Waals surface area contributed by atoms with Crippen LogP contribution in [0.4, 0.5) is 5.95 Å².